The maximum absolute atomic E-state index is 12.3. The normalized spacial score (nSPS) is 21.3. The molecule has 21 heavy (non-hydrogen) atoms. The van der Waals surface area contributed by atoms with Crippen LogP contribution in [0.4, 0.5) is 5.69 Å². The molecule has 1 aromatic carbocycles. The molecule has 1 fully saturated rings. The summed E-state index contributed by atoms with van der Waals surface area (Å²) >= 11 is 5.83. The lowest BCUT2D eigenvalue weighted by Crippen LogP contribution is -2.36. The summed E-state index contributed by atoms with van der Waals surface area (Å²) in [6.45, 7) is 0. The van der Waals surface area contributed by atoms with Gasteiger partial charge in [0, 0.05) is 5.69 Å². The molecule has 0 radical (unpaired) electrons. The van der Waals surface area contributed by atoms with Crippen LogP contribution in [0, 0.1) is 23.2 Å². The number of anilines is 1. The van der Waals surface area contributed by atoms with Crippen LogP contribution in [0.15, 0.2) is 18.2 Å². The number of benzene rings is 1. The number of nitrogens with one attached hydrogen (secondary N) is 1. The smallest absolute Gasteiger partial charge is 0.307 e. The van der Waals surface area contributed by atoms with Crippen LogP contribution >= 0.6 is 11.6 Å². The summed E-state index contributed by atoms with van der Waals surface area (Å²) in [5.41, 5.74) is 0.726. The third kappa shape index (κ3) is 3.53. The van der Waals surface area contributed by atoms with Crippen molar-refractivity contribution in [2.75, 3.05) is 5.32 Å². The standard InChI is InChI=1S/C15H15ClN2O3/c16-13-6-5-10(7-9(13)8-17)18-14(19)11-3-1-2-4-12(11)15(20)21/h5-7,11-12H,1-4H2,(H,18,19)(H,20,21)/t11-,12+/m1/s1. The van der Waals surface area contributed by atoms with Crippen molar-refractivity contribution in [3.63, 3.8) is 0 Å². The van der Waals surface area contributed by atoms with Crippen molar-refractivity contribution in [2.45, 2.75) is 25.7 Å². The summed E-state index contributed by atoms with van der Waals surface area (Å²) in [6, 6.07) is 6.55. The Morgan fingerprint density at radius 2 is 1.95 bits per heavy atom. The molecule has 0 spiro atoms. The molecule has 0 heterocycles. The summed E-state index contributed by atoms with van der Waals surface area (Å²) in [5, 5.41) is 21.1. The average molecular weight is 307 g/mol. The lowest BCUT2D eigenvalue weighted by Gasteiger charge is -2.27. The van der Waals surface area contributed by atoms with Gasteiger partial charge in [0.1, 0.15) is 6.07 Å². The first-order chi connectivity index (χ1) is 10.0. The summed E-state index contributed by atoms with van der Waals surface area (Å²) < 4.78 is 0. The molecular formula is C15H15ClN2O3. The molecule has 1 amide bonds. The van der Waals surface area contributed by atoms with Crippen molar-refractivity contribution in [2.24, 2.45) is 11.8 Å². The predicted octanol–water partition coefficient (Wildman–Crippen LogP) is 3.04. The van der Waals surface area contributed by atoms with Gasteiger partial charge in [0.2, 0.25) is 5.91 Å². The minimum absolute atomic E-state index is 0.271. The number of carboxylic acid groups (broad SMARTS) is 1. The fourth-order valence-corrected chi connectivity index (χ4v) is 2.82. The van der Waals surface area contributed by atoms with Gasteiger partial charge in [-0.1, -0.05) is 24.4 Å². The number of hydrogen-bond acceptors (Lipinski definition) is 3. The summed E-state index contributed by atoms with van der Waals surface area (Å²) in [5.74, 6) is -2.41. The minimum atomic E-state index is -0.927. The van der Waals surface area contributed by atoms with E-state index in [9.17, 15) is 14.7 Å². The van der Waals surface area contributed by atoms with E-state index >= 15 is 0 Å². The monoisotopic (exact) mass is 306 g/mol. The van der Waals surface area contributed by atoms with E-state index in [-0.39, 0.29) is 11.5 Å². The van der Waals surface area contributed by atoms with Crippen LogP contribution in [-0.2, 0) is 9.59 Å². The van der Waals surface area contributed by atoms with Crippen molar-refractivity contribution in [3.8, 4) is 6.07 Å². The number of amides is 1. The lowest BCUT2D eigenvalue weighted by atomic mass is 9.78. The summed E-state index contributed by atoms with van der Waals surface area (Å²) in [6.07, 6.45) is 2.78. The van der Waals surface area contributed by atoms with Crippen LogP contribution in [0.5, 0.6) is 0 Å². The van der Waals surface area contributed by atoms with Gasteiger partial charge in [0.05, 0.1) is 22.4 Å². The van der Waals surface area contributed by atoms with Gasteiger partial charge in [-0.2, -0.15) is 5.26 Å². The van der Waals surface area contributed by atoms with Gasteiger partial charge in [-0.25, -0.2) is 0 Å². The quantitative estimate of drug-likeness (QED) is 0.898. The van der Waals surface area contributed by atoms with Crippen LogP contribution in [0.3, 0.4) is 0 Å². The second-order valence-electron chi connectivity index (χ2n) is 5.13. The molecule has 5 nitrogen and oxygen atoms in total. The molecule has 0 aromatic heterocycles. The number of carbonyl (C=O) groups excluding carboxylic acids is 1. The number of nitrogens with zero attached hydrogens (tertiary/aromatic N) is 1. The third-order valence-electron chi connectivity index (χ3n) is 3.77. The van der Waals surface area contributed by atoms with E-state index in [1.807, 2.05) is 6.07 Å². The van der Waals surface area contributed by atoms with Crippen LogP contribution in [0.1, 0.15) is 31.2 Å². The number of nitriles is 1. The SMILES string of the molecule is N#Cc1cc(NC(=O)[C@@H]2CCCC[C@@H]2C(=O)O)ccc1Cl. The zero-order valence-electron chi connectivity index (χ0n) is 11.3. The highest BCUT2D eigenvalue weighted by molar-refractivity contribution is 6.31. The van der Waals surface area contributed by atoms with E-state index in [2.05, 4.69) is 5.32 Å². The molecule has 0 aliphatic heterocycles. The van der Waals surface area contributed by atoms with E-state index in [1.54, 1.807) is 6.07 Å². The number of carbonyl (C=O) groups is 2. The van der Waals surface area contributed by atoms with Gasteiger partial charge < -0.3 is 10.4 Å². The van der Waals surface area contributed by atoms with E-state index in [1.165, 1.54) is 12.1 Å². The number of rotatable bonds is 3. The summed E-state index contributed by atoms with van der Waals surface area (Å²) in [4.78, 5) is 23.5. The highest BCUT2D eigenvalue weighted by Gasteiger charge is 2.35. The molecular weight excluding hydrogens is 292 g/mol. The molecule has 0 bridgehead atoms. The molecule has 0 saturated heterocycles. The lowest BCUT2D eigenvalue weighted by molar-refractivity contribution is -0.147. The van der Waals surface area contributed by atoms with Crippen molar-refractivity contribution < 1.29 is 14.7 Å². The molecule has 2 N–H and O–H groups in total. The molecule has 2 rings (SSSR count). The van der Waals surface area contributed by atoms with E-state index < -0.39 is 17.8 Å². The first kappa shape index (κ1) is 15.3. The van der Waals surface area contributed by atoms with Crippen molar-refractivity contribution in [1.82, 2.24) is 0 Å². The molecule has 1 aliphatic rings. The van der Waals surface area contributed by atoms with Gasteiger partial charge in [0.15, 0.2) is 0 Å². The Labute approximate surface area is 127 Å². The van der Waals surface area contributed by atoms with Crippen molar-refractivity contribution >= 4 is 29.2 Å². The second-order valence-corrected chi connectivity index (χ2v) is 5.54. The van der Waals surface area contributed by atoms with Gasteiger partial charge in [-0.3, -0.25) is 9.59 Å². The van der Waals surface area contributed by atoms with E-state index in [0.717, 1.165) is 12.8 Å². The molecule has 1 aromatic rings. The second kappa shape index (κ2) is 6.59. The molecule has 6 heteroatoms. The largest absolute Gasteiger partial charge is 0.481 e. The van der Waals surface area contributed by atoms with Crippen LogP contribution in [0.2, 0.25) is 5.02 Å². The zero-order chi connectivity index (χ0) is 15.4. The number of carboxylic acids is 1. The Bertz CT molecular complexity index is 609. The first-order valence-electron chi connectivity index (χ1n) is 6.76. The maximum atomic E-state index is 12.3. The van der Waals surface area contributed by atoms with Gasteiger partial charge >= 0.3 is 5.97 Å². The maximum Gasteiger partial charge on any atom is 0.307 e. The molecule has 110 valence electrons. The number of hydrogen-bond donors (Lipinski definition) is 2. The molecule has 1 saturated carbocycles. The summed E-state index contributed by atoms with van der Waals surface area (Å²) in [7, 11) is 0. The van der Waals surface area contributed by atoms with Crippen molar-refractivity contribution in [3.05, 3.63) is 28.8 Å². The van der Waals surface area contributed by atoms with E-state index in [4.69, 9.17) is 16.9 Å². The van der Waals surface area contributed by atoms with Crippen LogP contribution in [-0.4, -0.2) is 17.0 Å². The Kier molecular flexibility index (Phi) is 4.81. The van der Waals surface area contributed by atoms with Gasteiger partial charge in [-0.05, 0) is 31.0 Å². The topological polar surface area (TPSA) is 90.2 Å². The fourth-order valence-electron chi connectivity index (χ4n) is 2.66. The first-order valence-corrected chi connectivity index (χ1v) is 7.14. The number of aliphatic carboxylic acids is 1. The Morgan fingerprint density at radius 1 is 1.29 bits per heavy atom. The zero-order valence-corrected chi connectivity index (χ0v) is 12.1. The third-order valence-corrected chi connectivity index (χ3v) is 4.10. The van der Waals surface area contributed by atoms with Crippen LogP contribution in [0.25, 0.3) is 0 Å². The number of halogens is 1. The van der Waals surface area contributed by atoms with Gasteiger partial charge in [-0.15, -0.1) is 0 Å². The van der Waals surface area contributed by atoms with Gasteiger partial charge in [0.25, 0.3) is 0 Å². The Morgan fingerprint density at radius 3 is 2.57 bits per heavy atom. The Hall–Kier alpha value is -2.06. The molecule has 2 atom stereocenters. The highest BCUT2D eigenvalue weighted by Crippen LogP contribution is 2.31. The predicted molar refractivity (Wildman–Crippen MR) is 77.9 cm³/mol. The minimum Gasteiger partial charge on any atom is -0.481 e. The van der Waals surface area contributed by atoms with Crippen LogP contribution < -0.4 is 5.32 Å². The fraction of sp³-hybridized carbons (Fsp3) is 0.400. The van der Waals surface area contributed by atoms with E-state index in [0.29, 0.717) is 23.6 Å². The molecule has 0 unspecified atom stereocenters. The van der Waals surface area contributed by atoms with Crippen molar-refractivity contribution in [1.29, 1.82) is 5.26 Å². The Balaban J connectivity index is 2.13. The highest BCUT2D eigenvalue weighted by atomic mass is 35.5. The molecule has 1 aliphatic carbocycles. The average Bonchev–Trinajstić information content (AvgIpc) is 2.49.